The third-order valence-electron chi connectivity index (χ3n) is 10.3. The Morgan fingerprint density at radius 2 is 1.92 bits per heavy atom. The number of phenolic OH excluding ortho intramolecular Hbond substituents is 1. The zero-order valence-electron chi connectivity index (χ0n) is 23.5. The van der Waals surface area contributed by atoms with Crippen molar-refractivity contribution in [1.29, 1.82) is 0 Å². The fourth-order valence-electron chi connectivity index (χ4n) is 8.32. The SMILES string of the molecule is CCCCCc1cc2c(c(O)c1C(=O)O[C@@H]1C(C)(C)[C@H]3CC[C@@]1(C)C3)[C@@H]1C=C(C)CC[C@H]1C(C)(C)O2. The molecule has 1 heterocycles. The quantitative estimate of drug-likeness (QED) is 0.246. The molecule has 1 aromatic carbocycles. The summed E-state index contributed by atoms with van der Waals surface area (Å²) in [6.07, 6.45) is 11.6. The van der Waals surface area contributed by atoms with Crippen LogP contribution in [0.4, 0.5) is 0 Å². The van der Waals surface area contributed by atoms with Gasteiger partial charge < -0.3 is 14.6 Å². The standard InChI is InChI=1S/C32H46O4/c1-8-9-10-11-20-17-24-26(22-16-19(2)12-13-23(22)31(5,6)36-24)27(33)25(20)28(34)35-29-30(3,4)21-14-15-32(29,7)18-21/h16-17,21-23,29,33H,8-15,18H2,1-7H3/t21-,22+,23+,29+,32-/m0/s1. The van der Waals surface area contributed by atoms with Gasteiger partial charge in [-0.25, -0.2) is 4.79 Å². The van der Waals surface area contributed by atoms with Crippen LogP contribution in [0.2, 0.25) is 0 Å². The lowest BCUT2D eigenvalue weighted by Crippen LogP contribution is -2.45. The number of rotatable bonds is 6. The number of unbranched alkanes of at least 4 members (excludes halogenated alkanes) is 2. The molecule has 4 heteroatoms. The minimum absolute atomic E-state index is 0.0253. The highest BCUT2D eigenvalue weighted by atomic mass is 16.5. The number of aromatic hydroxyl groups is 1. The topological polar surface area (TPSA) is 55.8 Å². The maximum absolute atomic E-state index is 14.0. The average molecular weight is 495 g/mol. The molecule has 0 unspecified atom stereocenters. The normalized spacial score (nSPS) is 33.4. The molecule has 2 fully saturated rings. The minimum Gasteiger partial charge on any atom is -0.507 e. The van der Waals surface area contributed by atoms with Crippen molar-refractivity contribution >= 4 is 5.97 Å². The molecule has 1 aromatic rings. The van der Waals surface area contributed by atoms with E-state index in [9.17, 15) is 9.90 Å². The summed E-state index contributed by atoms with van der Waals surface area (Å²) in [6, 6.07) is 2.05. The number of carbonyl (C=O) groups is 1. The minimum atomic E-state index is -0.355. The number of fused-ring (bicyclic) bond motifs is 5. The van der Waals surface area contributed by atoms with Gasteiger partial charge in [-0.1, -0.05) is 52.2 Å². The lowest BCUT2D eigenvalue weighted by Gasteiger charge is -2.47. The first kappa shape index (κ1) is 25.7. The number of hydrogen-bond acceptors (Lipinski definition) is 4. The number of phenols is 1. The molecule has 198 valence electrons. The van der Waals surface area contributed by atoms with Crippen LogP contribution in [-0.4, -0.2) is 22.8 Å². The molecule has 0 aromatic heterocycles. The van der Waals surface area contributed by atoms with E-state index in [1.54, 1.807) is 0 Å². The third kappa shape index (κ3) is 3.98. The molecule has 5 rings (SSSR count). The molecule has 1 N–H and O–H groups in total. The van der Waals surface area contributed by atoms with Gasteiger partial charge >= 0.3 is 5.97 Å². The summed E-state index contributed by atoms with van der Waals surface area (Å²) in [5.74, 6) is 1.37. The van der Waals surface area contributed by atoms with Crippen molar-refractivity contribution in [2.75, 3.05) is 0 Å². The predicted molar refractivity (Wildman–Crippen MR) is 144 cm³/mol. The molecule has 4 aliphatic rings. The highest BCUT2D eigenvalue weighted by Crippen LogP contribution is 2.64. The van der Waals surface area contributed by atoms with Crippen molar-refractivity contribution in [2.24, 2.45) is 22.7 Å². The second kappa shape index (κ2) is 8.81. The maximum Gasteiger partial charge on any atom is 0.342 e. The summed E-state index contributed by atoms with van der Waals surface area (Å²) < 4.78 is 13.0. The van der Waals surface area contributed by atoms with Gasteiger partial charge in [-0.05, 0) is 83.3 Å². The molecule has 36 heavy (non-hydrogen) atoms. The van der Waals surface area contributed by atoms with E-state index in [-0.39, 0.29) is 46.1 Å². The van der Waals surface area contributed by atoms with Gasteiger partial charge in [0.25, 0.3) is 0 Å². The van der Waals surface area contributed by atoms with Gasteiger partial charge in [0.2, 0.25) is 0 Å². The molecule has 0 saturated heterocycles. The van der Waals surface area contributed by atoms with Crippen molar-refractivity contribution in [3.05, 3.63) is 34.4 Å². The fourth-order valence-corrected chi connectivity index (χ4v) is 8.32. The summed E-state index contributed by atoms with van der Waals surface area (Å²) in [7, 11) is 0. The molecule has 0 amide bonds. The zero-order valence-corrected chi connectivity index (χ0v) is 23.5. The second-order valence-electron chi connectivity index (χ2n) is 13.7. The molecular formula is C32H46O4. The van der Waals surface area contributed by atoms with Crippen molar-refractivity contribution in [2.45, 2.75) is 124 Å². The fraction of sp³-hybridized carbons (Fsp3) is 0.719. The summed E-state index contributed by atoms with van der Waals surface area (Å²) in [4.78, 5) is 14.0. The number of ether oxygens (including phenoxy) is 2. The lowest BCUT2D eigenvalue weighted by molar-refractivity contribution is -0.0587. The Bertz CT molecular complexity index is 1080. The summed E-state index contributed by atoms with van der Waals surface area (Å²) in [5.41, 5.74) is 3.02. The third-order valence-corrected chi connectivity index (χ3v) is 10.3. The van der Waals surface area contributed by atoms with Crippen LogP contribution in [0.25, 0.3) is 0 Å². The molecule has 3 aliphatic carbocycles. The number of aryl methyl sites for hydroxylation is 1. The van der Waals surface area contributed by atoms with Crippen LogP contribution in [-0.2, 0) is 11.2 Å². The van der Waals surface area contributed by atoms with Crippen LogP contribution in [0.1, 0.15) is 127 Å². The maximum atomic E-state index is 14.0. The molecule has 2 saturated carbocycles. The number of allylic oxidation sites excluding steroid dienone is 2. The largest absolute Gasteiger partial charge is 0.507 e. The Hall–Kier alpha value is -1.97. The molecular weight excluding hydrogens is 448 g/mol. The van der Waals surface area contributed by atoms with Gasteiger partial charge in [-0.3, -0.25) is 0 Å². The second-order valence-corrected chi connectivity index (χ2v) is 13.7. The average Bonchev–Trinajstić information content (AvgIpc) is 3.27. The molecule has 1 aliphatic heterocycles. The predicted octanol–water partition coefficient (Wildman–Crippen LogP) is 8.11. The first-order chi connectivity index (χ1) is 16.9. The van der Waals surface area contributed by atoms with E-state index >= 15 is 0 Å². The van der Waals surface area contributed by atoms with Crippen LogP contribution >= 0.6 is 0 Å². The Morgan fingerprint density at radius 1 is 1.17 bits per heavy atom. The van der Waals surface area contributed by atoms with E-state index in [4.69, 9.17) is 9.47 Å². The van der Waals surface area contributed by atoms with E-state index in [2.05, 4.69) is 54.5 Å². The highest BCUT2D eigenvalue weighted by molar-refractivity contribution is 5.95. The van der Waals surface area contributed by atoms with Crippen LogP contribution in [0.3, 0.4) is 0 Å². The number of carbonyl (C=O) groups excluding carboxylic acids is 1. The highest BCUT2D eigenvalue weighted by Gasteiger charge is 2.61. The Balaban J connectivity index is 1.58. The van der Waals surface area contributed by atoms with Crippen molar-refractivity contribution in [3.63, 3.8) is 0 Å². The Morgan fingerprint density at radius 3 is 2.58 bits per heavy atom. The van der Waals surface area contributed by atoms with Gasteiger partial charge in [-0.15, -0.1) is 0 Å². The summed E-state index contributed by atoms with van der Waals surface area (Å²) in [5, 5.41) is 11.8. The first-order valence-corrected chi connectivity index (χ1v) is 14.3. The molecule has 2 bridgehead atoms. The first-order valence-electron chi connectivity index (χ1n) is 14.3. The van der Waals surface area contributed by atoms with Gasteiger partial charge in [0.05, 0.1) is 0 Å². The van der Waals surface area contributed by atoms with E-state index < -0.39 is 0 Å². The molecule has 4 nitrogen and oxygen atoms in total. The number of hydrogen-bond donors (Lipinski definition) is 1. The molecule has 0 spiro atoms. The lowest BCUT2D eigenvalue weighted by atomic mass is 9.67. The molecule has 5 atom stereocenters. The number of benzene rings is 1. The monoisotopic (exact) mass is 494 g/mol. The van der Waals surface area contributed by atoms with Gasteiger partial charge in [-0.2, -0.15) is 0 Å². The van der Waals surface area contributed by atoms with E-state index in [1.165, 1.54) is 12.0 Å². The van der Waals surface area contributed by atoms with Crippen LogP contribution in [0, 0.1) is 22.7 Å². The Labute approximate surface area is 217 Å². The van der Waals surface area contributed by atoms with Crippen LogP contribution in [0.15, 0.2) is 17.7 Å². The molecule has 0 radical (unpaired) electrons. The summed E-state index contributed by atoms with van der Waals surface area (Å²) in [6.45, 7) is 15.5. The van der Waals surface area contributed by atoms with Crippen molar-refractivity contribution in [3.8, 4) is 11.5 Å². The summed E-state index contributed by atoms with van der Waals surface area (Å²) >= 11 is 0. The van der Waals surface area contributed by atoms with Gasteiger partial charge in [0.15, 0.2) is 0 Å². The van der Waals surface area contributed by atoms with Crippen molar-refractivity contribution in [1.82, 2.24) is 0 Å². The Kier molecular flexibility index (Phi) is 6.28. The van der Waals surface area contributed by atoms with Crippen LogP contribution < -0.4 is 4.74 Å². The van der Waals surface area contributed by atoms with Gasteiger partial charge in [0.1, 0.15) is 28.8 Å². The van der Waals surface area contributed by atoms with E-state index in [0.29, 0.717) is 11.5 Å². The van der Waals surface area contributed by atoms with E-state index in [1.807, 2.05) is 6.07 Å². The zero-order chi connectivity index (χ0) is 26.0. The van der Waals surface area contributed by atoms with Crippen molar-refractivity contribution < 1.29 is 19.4 Å². The van der Waals surface area contributed by atoms with E-state index in [0.717, 1.165) is 68.2 Å². The van der Waals surface area contributed by atoms with Crippen LogP contribution in [0.5, 0.6) is 11.5 Å². The number of esters is 1. The smallest absolute Gasteiger partial charge is 0.342 e. The van der Waals surface area contributed by atoms with Gasteiger partial charge in [0, 0.05) is 28.2 Å².